The van der Waals surface area contributed by atoms with Gasteiger partial charge in [0.2, 0.25) is 11.8 Å². The van der Waals surface area contributed by atoms with E-state index < -0.39 is 0 Å². The number of carbonyl (C=O) groups excluding carboxylic acids is 2. The first kappa shape index (κ1) is 19.9. The maximum absolute atomic E-state index is 13.0. The Hall–Kier alpha value is -2.44. The van der Waals surface area contributed by atoms with E-state index in [2.05, 4.69) is 10.2 Å². The Bertz CT molecular complexity index is 858. The fourth-order valence-corrected chi connectivity index (χ4v) is 4.33. The largest absolute Gasteiger partial charge is 0.378 e. The summed E-state index contributed by atoms with van der Waals surface area (Å²) in [5.41, 5.74) is 0.840. The number of morpholine rings is 1. The fourth-order valence-electron chi connectivity index (χ4n) is 4.33. The van der Waals surface area contributed by atoms with E-state index >= 15 is 0 Å². The van der Waals surface area contributed by atoms with Crippen molar-refractivity contribution in [3.05, 3.63) is 42.5 Å². The van der Waals surface area contributed by atoms with Crippen molar-refractivity contribution in [1.82, 2.24) is 9.80 Å². The monoisotopic (exact) mass is 395 g/mol. The molecule has 154 valence electrons. The van der Waals surface area contributed by atoms with Crippen LogP contribution in [-0.2, 0) is 14.3 Å². The molecule has 1 N–H and O–H groups in total. The molecule has 2 heterocycles. The molecule has 0 saturated carbocycles. The van der Waals surface area contributed by atoms with Crippen LogP contribution in [0.3, 0.4) is 0 Å². The van der Waals surface area contributed by atoms with Crippen LogP contribution in [0.4, 0.5) is 5.69 Å². The van der Waals surface area contributed by atoms with Crippen LogP contribution in [0.15, 0.2) is 42.5 Å². The number of fused-ring (bicyclic) bond motifs is 1. The standard InChI is InChI=1S/C23H29N3O3/c27-22(24-20-9-5-7-18-6-1-2-8-19(18)20)11-13-25-12-4-3-10-21(25)23(28)26-14-16-29-17-15-26/h1-2,5-9,21H,3-4,10-17H2,(H,24,27). The number of hydrogen-bond donors (Lipinski definition) is 1. The number of hydrogen-bond acceptors (Lipinski definition) is 4. The minimum absolute atomic E-state index is 0.00972. The lowest BCUT2D eigenvalue weighted by molar-refractivity contribution is -0.142. The first-order valence-electron chi connectivity index (χ1n) is 10.6. The van der Waals surface area contributed by atoms with Crippen LogP contribution in [0.25, 0.3) is 10.8 Å². The molecule has 6 nitrogen and oxygen atoms in total. The molecule has 2 aliphatic rings. The van der Waals surface area contributed by atoms with Crippen molar-refractivity contribution in [1.29, 1.82) is 0 Å². The second kappa shape index (κ2) is 9.37. The van der Waals surface area contributed by atoms with Crippen molar-refractivity contribution >= 4 is 28.3 Å². The van der Waals surface area contributed by atoms with Gasteiger partial charge in [0.15, 0.2) is 0 Å². The minimum atomic E-state index is -0.104. The summed E-state index contributed by atoms with van der Waals surface area (Å²) < 4.78 is 5.37. The van der Waals surface area contributed by atoms with Crippen molar-refractivity contribution in [3.8, 4) is 0 Å². The van der Waals surface area contributed by atoms with Crippen LogP contribution in [0.2, 0.25) is 0 Å². The van der Waals surface area contributed by atoms with E-state index in [0.29, 0.717) is 39.3 Å². The van der Waals surface area contributed by atoms with E-state index in [1.165, 1.54) is 0 Å². The summed E-state index contributed by atoms with van der Waals surface area (Å²) in [4.78, 5) is 29.7. The van der Waals surface area contributed by atoms with Gasteiger partial charge in [0, 0.05) is 37.1 Å². The highest BCUT2D eigenvalue weighted by Gasteiger charge is 2.32. The number of likely N-dealkylation sites (tertiary alicyclic amines) is 1. The summed E-state index contributed by atoms with van der Waals surface area (Å²) in [6.45, 7) is 4.06. The van der Waals surface area contributed by atoms with Gasteiger partial charge >= 0.3 is 0 Å². The average Bonchev–Trinajstić information content (AvgIpc) is 2.78. The SMILES string of the molecule is O=C(CCN1CCCCC1C(=O)N1CCOCC1)Nc1cccc2ccccc12. The number of amides is 2. The Morgan fingerprint density at radius 1 is 1.00 bits per heavy atom. The van der Waals surface area contributed by atoms with E-state index in [0.717, 1.165) is 42.3 Å². The maximum atomic E-state index is 13.0. The molecule has 1 unspecified atom stereocenters. The highest BCUT2D eigenvalue weighted by molar-refractivity contribution is 6.02. The van der Waals surface area contributed by atoms with Crippen molar-refractivity contribution in [2.45, 2.75) is 31.7 Å². The zero-order valence-corrected chi connectivity index (χ0v) is 16.8. The number of nitrogens with zero attached hydrogens (tertiary/aromatic N) is 2. The average molecular weight is 396 g/mol. The summed E-state index contributed by atoms with van der Waals surface area (Å²) >= 11 is 0. The molecule has 0 aromatic heterocycles. The van der Waals surface area contributed by atoms with Gasteiger partial charge in [-0.15, -0.1) is 0 Å². The van der Waals surface area contributed by atoms with Gasteiger partial charge in [0.05, 0.1) is 19.3 Å². The molecular formula is C23H29N3O3. The normalized spacial score (nSPS) is 20.6. The smallest absolute Gasteiger partial charge is 0.240 e. The number of carbonyl (C=O) groups is 2. The van der Waals surface area contributed by atoms with Crippen LogP contribution < -0.4 is 5.32 Å². The molecule has 2 fully saturated rings. The van der Waals surface area contributed by atoms with Crippen LogP contribution in [-0.4, -0.2) is 67.0 Å². The number of ether oxygens (including phenoxy) is 1. The Balaban J connectivity index is 1.36. The number of piperidine rings is 1. The van der Waals surface area contributed by atoms with E-state index in [1.54, 1.807) is 0 Å². The predicted molar refractivity (Wildman–Crippen MR) is 114 cm³/mol. The zero-order valence-electron chi connectivity index (χ0n) is 16.8. The van der Waals surface area contributed by atoms with Gasteiger partial charge in [-0.3, -0.25) is 14.5 Å². The molecular weight excluding hydrogens is 366 g/mol. The number of rotatable bonds is 5. The molecule has 2 saturated heterocycles. The second-order valence-corrected chi connectivity index (χ2v) is 7.81. The molecule has 0 aliphatic carbocycles. The van der Waals surface area contributed by atoms with Gasteiger partial charge in [-0.05, 0) is 30.8 Å². The van der Waals surface area contributed by atoms with Gasteiger partial charge in [0.25, 0.3) is 0 Å². The Morgan fingerprint density at radius 2 is 1.79 bits per heavy atom. The molecule has 0 spiro atoms. The van der Waals surface area contributed by atoms with Crippen molar-refractivity contribution in [2.24, 2.45) is 0 Å². The fraction of sp³-hybridized carbons (Fsp3) is 0.478. The molecule has 2 amide bonds. The molecule has 2 aliphatic heterocycles. The number of nitrogens with one attached hydrogen (secondary N) is 1. The van der Waals surface area contributed by atoms with Crippen LogP contribution in [0, 0.1) is 0 Å². The molecule has 1 atom stereocenters. The number of benzene rings is 2. The third-order valence-electron chi connectivity index (χ3n) is 5.91. The molecule has 0 radical (unpaired) electrons. The van der Waals surface area contributed by atoms with Crippen LogP contribution in [0.1, 0.15) is 25.7 Å². The molecule has 29 heavy (non-hydrogen) atoms. The Morgan fingerprint density at radius 3 is 2.66 bits per heavy atom. The van der Waals surface area contributed by atoms with Crippen molar-refractivity contribution in [2.75, 3.05) is 44.7 Å². The van der Waals surface area contributed by atoms with Gasteiger partial charge in [-0.2, -0.15) is 0 Å². The summed E-state index contributed by atoms with van der Waals surface area (Å²) in [5.74, 6) is 0.187. The summed E-state index contributed by atoms with van der Waals surface area (Å²) in [7, 11) is 0. The summed E-state index contributed by atoms with van der Waals surface area (Å²) in [6.07, 6.45) is 3.41. The predicted octanol–water partition coefficient (Wildman–Crippen LogP) is 2.88. The highest BCUT2D eigenvalue weighted by atomic mass is 16.5. The topological polar surface area (TPSA) is 61.9 Å². The van der Waals surface area contributed by atoms with Crippen molar-refractivity contribution < 1.29 is 14.3 Å². The van der Waals surface area contributed by atoms with E-state index in [1.807, 2.05) is 47.4 Å². The molecule has 6 heteroatoms. The molecule has 2 aromatic rings. The lowest BCUT2D eigenvalue weighted by Crippen LogP contribution is -2.53. The van der Waals surface area contributed by atoms with Crippen molar-refractivity contribution in [3.63, 3.8) is 0 Å². The molecule has 2 aromatic carbocycles. The summed E-state index contributed by atoms with van der Waals surface area (Å²) in [6, 6.07) is 13.9. The van der Waals surface area contributed by atoms with Crippen LogP contribution in [0.5, 0.6) is 0 Å². The first-order chi connectivity index (χ1) is 14.2. The van der Waals surface area contributed by atoms with Gasteiger partial charge in [-0.25, -0.2) is 0 Å². The second-order valence-electron chi connectivity index (χ2n) is 7.81. The quantitative estimate of drug-likeness (QED) is 0.846. The lowest BCUT2D eigenvalue weighted by Gasteiger charge is -2.38. The molecule has 0 bridgehead atoms. The number of anilines is 1. The van der Waals surface area contributed by atoms with Gasteiger partial charge in [-0.1, -0.05) is 42.8 Å². The first-order valence-corrected chi connectivity index (χ1v) is 10.6. The Labute approximate surface area is 171 Å². The third kappa shape index (κ3) is 4.77. The van der Waals surface area contributed by atoms with E-state index in [9.17, 15) is 9.59 Å². The zero-order chi connectivity index (χ0) is 20.1. The minimum Gasteiger partial charge on any atom is -0.378 e. The van der Waals surface area contributed by atoms with E-state index in [4.69, 9.17) is 4.74 Å². The summed E-state index contributed by atoms with van der Waals surface area (Å²) in [5, 5.41) is 5.21. The Kier molecular flexibility index (Phi) is 6.42. The lowest BCUT2D eigenvalue weighted by atomic mass is 10.00. The van der Waals surface area contributed by atoms with E-state index in [-0.39, 0.29) is 17.9 Å². The van der Waals surface area contributed by atoms with Gasteiger partial charge < -0.3 is 15.0 Å². The van der Waals surface area contributed by atoms with Gasteiger partial charge in [0.1, 0.15) is 0 Å². The maximum Gasteiger partial charge on any atom is 0.240 e. The highest BCUT2D eigenvalue weighted by Crippen LogP contribution is 2.24. The third-order valence-corrected chi connectivity index (χ3v) is 5.91. The molecule has 4 rings (SSSR count). The van der Waals surface area contributed by atoms with Crippen LogP contribution >= 0.6 is 0 Å².